The van der Waals surface area contributed by atoms with Crippen LogP contribution in [0.2, 0.25) is 5.28 Å². The highest BCUT2D eigenvalue weighted by atomic mass is 32.3. The van der Waals surface area contributed by atoms with Crippen molar-refractivity contribution in [2.45, 2.75) is 76.4 Å². The Morgan fingerprint density at radius 2 is 1.05 bits per heavy atom. The Bertz CT molecular complexity index is 227. The molecule has 4 N–H and O–H groups in total. The summed E-state index contributed by atoms with van der Waals surface area (Å²) in [7, 11) is -4.67. The number of unbranched alkanes of at least 4 members (excludes halogenated alkanes) is 9. The maximum Gasteiger partial charge on any atom is 0.394 e. The molecule has 19 heavy (non-hydrogen) atoms. The van der Waals surface area contributed by atoms with E-state index in [4.69, 9.17) is 17.5 Å². The van der Waals surface area contributed by atoms with Gasteiger partial charge in [-0.1, -0.05) is 71.1 Å². The van der Waals surface area contributed by atoms with E-state index < -0.39 is 10.4 Å². The van der Waals surface area contributed by atoms with Crippen LogP contribution in [0.5, 0.6) is 0 Å². The van der Waals surface area contributed by atoms with Gasteiger partial charge in [-0.15, -0.1) is 5.28 Å². The van der Waals surface area contributed by atoms with Gasteiger partial charge in [0.05, 0.1) is 0 Å². The molecule has 7 heteroatoms. The molecule has 0 heterocycles. The SMILES string of the molecule is CCCCCCCCCCC[CH2][AlH2].O.O=S(=O)(O)O. The highest BCUT2D eigenvalue weighted by Gasteiger charge is 1.91. The third kappa shape index (κ3) is 45.8. The standard InChI is InChI=1S/C12H25.Al.H2O4S.H2O.2H/c1-3-5-7-9-11-12-10-8-6-4-2;;1-5(2,3)4;;;/h1,3-12H2,2H3;;(H2,1,2,3,4);1H2;;. The molecule has 0 amide bonds. The van der Waals surface area contributed by atoms with E-state index in [2.05, 4.69) is 6.92 Å². The lowest BCUT2D eigenvalue weighted by Gasteiger charge is -2.00. The quantitative estimate of drug-likeness (QED) is 0.367. The number of rotatable bonds is 10. The highest BCUT2D eigenvalue weighted by Crippen LogP contribution is 2.10. The van der Waals surface area contributed by atoms with Gasteiger partial charge in [-0.25, -0.2) is 0 Å². The van der Waals surface area contributed by atoms with Crippen LogP contribution in [-0.4, -0.2) is 39.3 Å². The maximum atomic E-state index is 8.74. The van der Waals surface area contributed by atoms with Crippen LogP contribution >= 0.6 is 0 Å². The van der Waals surface area contributed by atoms with Crippen molar-refractivity contribution in [1.29, 1.82) is 0 Å². The Hall–Kier alpha value is 0.362. The molecular weight excluding hydrogens is 283 g/mol. The molecule has 0 aromatic heterocycles. The molecule has 0 rings (SSSR count). The Balaban J connectivity index is -0.000000366. The zero-order chi connectivity index (χ0) is 14.3. The first-order chi connectivity index (χ1) is 8.41. The normalized spacial score (nSPS) is 10.3. The first kappa shape index (κ1) is 24.4. The number of hydrogen-bond acceptors (Lipinski definition) is 2. The van der Waals surface area contributed by atoms with Crippen LogP contribution in [0.3, 0.4) is 0 Å². The van der Waals surface area contributed by atoms with Crippen LogP contribution in [-0.2, 0) is 10.4 Å². The second kappa shape index (κ2) is 18.4. The van der Waals surface area contributed by atoms with Crippen LogP contribution in [0.1, 0.15) is 71.1 Å². The molecular formula is C12H31AlO5S. The molecule has 118 valence electrons. The summed E-state index contributed by atoms with van der Waals surface area (Å²) in [5, 5.41) is 1.51. The molecule has 0 radical (unpaired) electrons. The van der Waals surface area contributed by atoms with Crippen molar-refractivity contribution >= 4 is 26.7 Å². The van der Waals surface area contributed by atoms with Crippen molar-refractivity contribution in [2.24, 2.45) is 0 Å². The van der Waals surface area contributed by atoms with E-state index in [0.29, 0.717) is 0 Å². The summed E-state index contributed by atoms with van der Waals surface area (Å²) in [6.07, 6.45) is 14.7. The van der Waals surface area contributed by atoms with E-state index >= 15 is 0 Å². The summed E-state index contributed by atoms with van der Waals surface area (Å²) < 4.78 is 31.6. The molecule has 0 unspecified atom stereocenters. The van der Waals surface area contributed by atoms with Crippen LogP contribution in [0.25, 0.3) is 0 Å². The van der Waals surface area contributed by atoms with E-state index in [9.17, 15) is 0 Å². The predicted octanol–water partition coefficient (Wildman–Crippen LogP) is 2.48. The van der Waals surface area contributed by atoms with Crippen molar-refractivity contribution in [3.05, 3.63) is 0 Å². The number of hydrogen-bond donors (Lipinski definition) is 2. The predicted molar refractivity (Wildman–Crippen MR) is 83.0 cm³/mol. The summed E-state index contributed by atoms with van der Waals surface area (Å²) in [6.45, 7) is 2.29. The van der Waals surface area contributed by atoms with Crippen LogP contribution in [0.4, 0.5) is 0 Å². The van der Waals surface area contributed by atoms with Gasteiger partial charge >= 0.3 is 10.4 Å². The van der Waals surface area contributed by atoms with Gasteiger partial charge < -0.3 is 5.48 Å². The molecule has 0 aromatic carbocycles. The Morgan fingerprint density at radius 1 is 0.789 bits per heavy atom. The van der Waals surface area contributed by atoms with E-state index in [1.165, 1.54) is 85.8 Å². The van der Waals surface area contributed by atoms with Crippen molar-refractivity contribution in [3.63, 3.8) is 0 Å². The van der Waals surface area contributed by atoms with Crippen molar-refractivity contribution in [3.8, 4) is 0 Å². The van der Waals surface area contributed by atoms with Crippen LogP contribution < -0.4 is 0 Å². The molecule has 0 atom stereocenters. The zero-order valence-corrected chi connectivity index (χ0v) is 15.2. The lowest BCUT2D eigenvalue weighted by atomic mass is 10.1. The molecule has 0 aromatic rings. The Labute approximate surface area is 126 Å². The van der Waals surface area contributed by atoms with Gasteiger partial charge in [0.2, 0.25) is 16.3 Å². The summed E-state index contributed by atoms with van der Waals surface area (Å²) >= 11 is 1.41. The van der Waals surface area contributed by atoms with Gasteiger partial charge in [-0.05, 0) is 0 Å². The summed E-state index contributed by atoms with van der Waals surface area (Å²) in [5.41, 5.74) is 0. The molecule has 0 saturated heterocycles. The molecule has 0 aliphatic carbocycles. The van der Waals surface area contributed by atoms with Gasteiger partial charge in [0.1, 0.15) is 0 Å². The van der Waals surface area contributed by atoms with Gasteiger partial charge in [-0.3, -0.25) is 9.11 Å². The van der Waals surface area contributed by atoms with E-state index in [-0.39, 0.29) is 5.48 Å². The first-order valence-corrected chi connectivity index (χ1v) is 9.92. The average molecular weight is 314 g/mol. The summed E-state index contributed by atoms with van der Waals surface area (Å²) in [6, 6.07) is 0. The van der Waals surface area contributed by atoms with Crippen LogP contribution in [0.15, 0.2) is 0 Å². The van der Waals surface area contributed by atoms with Gasteiger partial charge in [0.15, 0.2) is 0 Å². The van der Waals surface area contributed by atoms with Crippen molar-refractivity contribution < 1.29 is 23.0 Å². The highest BCUT2D eigenvalue weighted by molar-refractivity contribution is 7.79. The fraction of sp³-hybridized carbons (Fsp3) is 1.00. The zero-order valence-electron chi connectivity index (χ0n) is 12.4. The third-order valence-electron chi connectivity index (χ3n) is 2.71. The lowest BCUT2D eigenvalue weighted by molar-refractivity contribution is 0.381. The maximum absolute atomic E-state index is 8.74. The largest absolute Gasteiger partial charge is 0.412 e. The Morgan fingerprint density at radius 3 is 1.32 bits per heavy atom. The summed E-state index contributed by atoms with van der Waals surface area (Å²) in [4.78, 5) is 0. The average Bonchev–Trinajstić information content (AvgIpc) is 2.25. The van der Waals surface area contributed by atoms with E-state index in [0.717, 1.165) is 0 Å². The molecule has 0 aliphatic rings. The molecule has 0 bridgehead atoms. The molecule has 0 fully saturated rings. The van der Waals surface area contributed by atoms with Gasteiger partial charge in [-0.2, -0.15) is 8.42 Å². The molecule has 0 saturated carbocycles. The lowest BCUT2D eigenvalue weighted by Crippen LogP contribution is -1.89. The Kier molecular flexibility index (Phi) is 23.6. The monoisotopic (exact) mass is 314 g/mol. The fourth-order valence-corrected chi connectivity index (χ4v) is 2.24. The van der Waals surface area contributed by atoms with Crippen molar-refractivity contribution in [2.75, 3.05) is 0 Å². The minimum atomic E-state index is -4.67. The second-order valence-electron chi connectivity index (χ2n) is 4.63. The molecule has 5 nitrogen and oxygen atoms in total. The third-order valence-corrected chi connectivity index (χ3v) is 3.41. The fourth-order valence-electron chi connectivity index (χ4n) is 1.74. The molecule has 0 aliphatic heterocycles. The van der Waals surface area contributed by atoms with E-state index in [1.54, 1.807) is 0 Å². The topological polar surface area (TPSA) is 106 Å². The molecule has 0 spiro atoms. The van der Waals surface area contributed by atoms with Crippen molar-refractivity contribution in [1.82, 2.24) is 0 Å². The smallest absolute Gasteiger partial charge is 0.394 e. The summed E-state index contributed by atoms with van der Waals surface area (Å²) in [5.74, 6) is 0. The minimum absolute atomic E-state index is 0. The van der Waals surface area contributed by atoms with Gasteiger partial charge in [0.25, 0.3) is 0 Å². The second-order valence-corrected chi connectivity index (χ2v) is 6.53. The van der Waals surface area contributed by atoms with Crippen LogP contribution in [0, 0.1) is 0 Å². The minimum Gasteiger partial charge on any atom is -0.412 e. The van der Waals surface area contributed by atoms with Gasteiger partial charge in [0, 0.05) is 0 Å². The first-order valence-electron chi connectivity index (χ1n) is 7.11. The van der Waals surface area contributed by atoms with E-state index in [1.807, 2.05) is 0 Å².